The molecule has 0 fully saturated rings. The minimum atomic E-state index is -4.02. The third kappa shape index (κ3) is 3.91. The second-order valence-electron chi connectivity index (χ2n) is 5.57. The summed E-state index contributed by atoms with van der Waals surface area (Å²) >= 11 is 0. The van der Waals surface area contributed by atoms with Gasteiger partial charge in [0.25, 0.3) is 5.91 Å². The van der Waals surface area contributed by atoms with Gasteiger partial charge in [-0.05, 0) is 30.3 Å². The Labute approximate surface area is 156 Å². The standard InChI is InChI=1S/C17H18N2O7S/c1-23-12-4-3-11(9-15(12)27(18,21)22)19-17(20)10-7-13(24-2)16-14(8-10)25-5-6-26-16/h3-4,7-9H,5-6H2,1-2H3,(H,19,20)(H2,18,21,22). The Kier molecular flexibility index (Phi) is 5.10. The summed E-state index contributed by atoms with van der Waals surface area (Å²) in [5, 5.41) is 7.80. The van der Waals surface area contributed by atoms with E-state index in [2.05, 4.69) is 5.32 Å². The van der Waals surface area contributed by atoms with Crippen LogP contribution >= 0.6 is 0 Å². The highest BCUT2D eigenvalue weighted by atomic mass is 32.2. The van der Waals surface area contributed by atoms with Gasteiger partial charge in [0, 0.05) is 11.3 Å². The van der Waals surface area contributed by atoms with Gasteiger partial charge < -0.3 is 24.3 Å². The molecular weight excluding hydrogens is 376 g/mol. The van der Waals surface area contributed by atoms with Crippen LogP contribution < -0.4 is 29.4 Å². The summed E-state index contributed by atoms with van der Waals surface area (Å²) in [6.45, 7) is 0.745. The van der Waals surface area contributed by atoms with E-state index in [1.807, 2.05) is 0 Å². The van der Waals surface area contributed by atoms with Crippen LogP contribution in [0, 0.1) is 0 Å². The number of carbonyl (C=O) groups is 1. The van der Waals surface area contributed by atoms with Crippen LogP contribution in [0.1, 0.15) is 10.4 Å². The number of amides is 1. The first-order chi connectivity index (χ1) is 12.8. The summed E-state index contributed by atoms with van der Waals surface area (Å²) < 4.78 is 44.7. The molecule has 0 aliphatic carbocycles. The monoisotopic (exact) mass is 394 g/mol. The van der Waals surface area contributed by atoms with Gasteiger partial charge in [-0.15, -0.1) is 0 Å². The molecule has 1 aliphatic heterocycles. The van der Waals surface area contributed by atoms with Gasteiger partial charge in [0.1, 0.15) is 23.9 Å². The molecule has 1 aliphatic rings. The highest BCUT2D eigenvalue weighted by Crippen LogP contribution is 2.40. The van der Waals surface area contributed by atoms with E-state index < -0.39 is 15.9 Å². The van der Waals surface area contributed by atoms with Gasteiger partial charge in [0.15, 0.2) is 11.5 Å². The van der Waals surface area contributed by atoms with Gasteiger partial charge in [-0.25, -0.2) is 13.6 Å². The van der Waals surface area contributed by atoms with Crippen LogP contribution in [0.25, 0.3) is 0 Å². The Bertz CT molecular complexity index is 972. The van der Waals surface area contributed by atoms with Gasteiger partial charge >= 0.3 is 0 Å². The molecule has 27 heavy (non-hydrogen) atoms. The zero-order chi connectivity index (χ0) is 19.6. The number of nitrogens with two attached hydrogens (primary N) is 1. The lowest BCUT2D eigenvalue weighted by atomic mass is 10.1. The van der Waals surface area contributed by atoms with Crippen LogP contribution in [-0.2, 0) is 10.0 Å². The fraction of sp³-hybridized carbons (Fsp3) is 0.235. The SMILES string of the molecule is COc1ccc(NC(=O)c2cc(OC)c3c(c2)OCCO3)cc1S(N)(=O)=O. The maximum Gasteiger partial charge on any atom is 0.255 e. The third-order valence-electron chi connectivity index (χ3n) is 3.82. The van der Waals surface area contributed by atoms with Crippen LogP contribution in [-0.4, -0.2) is 41.8 Å². The summed E-state index contributed by atoms with van der Waals surface area (Å²) in [4.78, 5) is 12.4. The zero-order valence-electron chi connectivity index (χ0n) is 14.6. The average molecular weight is 394 g/mol. The van der Waals surface area contributed by atoms with Gasteiger partial charge in [0.2, 0.25) is 15.8 Å². The lowest BCUT2D eigenvalue weighted by Crippen LogP contribution is -2.18. The van der Waals surface area contributed by atoms with Crippen molar-refractivity contribution in [3.05, 3.63) is 35.9 Å². The van der Waals surface area contributed by atoms with Crippen molar-refractivity contribution in [3.63, 3.8) is 0 Å². The van der Waals surface area contributed by atoms with Crippen molar-refractivity contribution in [2.45, 2.75) is 4.90 Å². The van der Waals surface area contributed by atoms with Crippen molar-refractivity contribution >= 4 is 21.6 Å². The van der Waals surface area contributed by atoms with Crippen molar-refractivity contribution in [1.82, 2.24) is 0 Å². The highest BCUT2D eigenvalue weighted by molar-refractivity contribution is 7.89. The highest BCUT2D eigenvalue weighted by Gasteiger charge is 2.22. The number of methoxy groups -OCH3 is 2. The van der Waals surface area contributed by atoms with Crippen molar-refractivity contribution in [3.8, 4) is 23.0 Å². The molecule has 0 unspecified atom stereocenters. The normalized spacial score (nSPS) is 13.0. The van der Waals surface area contributed by atoms with Crippen LogP contribution in [0.3, 0.4) is 0 Å². The number of hydrogen-bond acceptors (Lipinski definition) is 7. The smallest absolute Gasteiger partial charge is 0.255 e. The minimum absolute atomic E-state index is 0.0801. The second-order valence-corrected chi connectivity index (χ2v) is 7.10. The van der Waals surface area contributed by atoms with Gasteiger partial charge in [-0.3, -0.25) is 4.79 Å². The number of fused-ring (bicyclic) bond motifs is 1. The van der Waals surface area contributed by atoms with Crippen molar-refractivity contribution in [1.29, 1.82) is 0 Å². The van der Waals surface area contributed by atoms with Gasteiger partial charge in [-0.2, -0.15) is 0 Å². The largest absolute Gasteiger partial charge is 0.495 e. The summed E-state index contributed by atoms with van der Waals surface area (Å²) in [6.07, 6.45) is 0. The average Bonchev–Trinajstić information content (AvgIpc) is 2.66. The number of sulfonamides is 1. The lowest BCUT2D eigenvalue weighted by Gasteiger charge is -2.21. The maximum atomic E-state index is 12.6. The first-order valence-corrected chi connectivity index (χ1v) is 9.38. The van der Waals surface area contributed by atoms with Crippen LogP contribution in [0.2, 0.25) is 0 Å². The first kappa shape index (κ1) is 18.8. The zero-order valence-corrected chi connectivity index (χ0v) is 15.5. The van der Waals surface area contributed by atoms with Crippen molar-refractivity contribution in [2.75, 3.05) is 32.8 Å². The van der Waals surface area contributed by atoms with E-state index in [1.165, 1.54) is 44.6 Å². The third-order valence-corrected chi connectivity index (χ3v) is 4.75. The molecule has 2 aromatic carbocycles. The number of ether oxygens (including phenoxy) is 4. The number of rotatable bonds is 5. The molecule has 0 atom stereocenters. The van der Waals surface area contributed by atoms with E-state index in [4.69, 9.17) is 24.1 Å². The number of carbonyl (C=O) groups excluding carboxylic acids is 1. The summed E-state index contributed by atoms with van der Waals surface area (Å²) in [5.74, 6) is 0.775. The predicted octanol–water partition coefficient (Wildman–Crippen LogP) is 1.37. The molecule has 0 radical (unpaired) electrons. The summed E-state index contributed by atoms with van der Waals surface area (Å²) in [6, 6.07) is 7.16. The Morgan fingerprint density at radius 2 is 1.78 bits per heavy atom. The molecular formula is C17H18N2O7S. The Morgan fingerprint density at radius 1 is 1.07 bits per heavy atom. The lowest BCUT2D eigenvalue weighted by molar-refractivity contribution is 0.102. The predicted molar refractivity (Wildman–Crippen MR) is 96.3 cm³/mol. The maximum absolute atomic E-state index is 12.6. The Balaban J connectivity index is 1.92. The van der Waals surface area contributed by atoms with Crippen molar-refractivity contribution in [2.24, 2.45) is 5.14 Å². The molecule has 0 aromatic heterocycles. The molecule has 0 saturated heterocycles. The molecule has 1 amide bonds. The Morgan fingerprint density at radius 3 is 2.44 bits per heavy atom. The molecule has 2 aromatic rings. The molecule has 0 saturated carbocycles. The molecule has 9 nitrogen and oxygen atoms in total. The number of primary sulfonamides is 1. The number of benzene rings is 2. The molecule has 0 bridgehead atoms. The van der Waals surface area contributed by atoms with Gasteiger partial charge in [0.05, 0.1) is 14.2 Å². The molecule has 10 heteroatoms. The topological polar surface area (TPSA) is 126 Å². The first-order valence-electron chi connectivity index (χ1n) is 7.83. The molecule has 144 valence electrons. The van der Waals surface area contributed by atoms with Crippen molar-refractivity contribution < 1.29 is 32.2 Å². The summed E-state index contributed by atoms with van der Waals surface area (Å²) in [5.41, 5.74) is 0.489. The number of anilines is 1. The van der Waals surface area contributed by atoms with Crippen LogP contribution in [0.5, 0.6) is 23.0 Å². The van der Waals surface area contributed by atoms with E-state index in [9.17, 15) is 13.2 Å². The second kappa shape index (κ2) is 7.33. The van der Waals surface area contributed by atoms with E-state index in [0.717, 1.165) is 0 Å². The van der Waals surface area contributed by atoms with E-state index in [-0.39, 0.29) is 21.9 Å². The molecule has 3 N–H and O–H groups in total. The van der Waals surface area contributed by atoms with E-state index >= 15 is 0 Å². The fourth-order valence-electron chi connectivity index (χ4n) is 2.58. The minimum Gasteiger partial charge on any atom is -0.495 e. The van der Waals surface area contributed by atoms with Gasteiger partial charge in [-0.1, -0.05) is 0 Å². The quantitative estimate of drug-likeness (QED) is 0.784. The summed E-state index contributed by atoms with van der Waals surface area (Å²) in [7, 11) is -1.25. The van der Waals surface area contributed by atoms with E-state index in [1.54, 1.807) is 0 Å². The Hall–Kier alpha value is -2.98. The fourth-order valence-corrected chi connectivity index (χ4v) is 3.31. The van der Waals surface area contributed by atoms with E-state index in [0.29, 0.717) is 30.5 Å². The molecule has 1 heterocycles. The molecule has 0 spiro atoms. The molecule has 3 rings (SSSR count). The van der Waals surface area contributed by atoms with Crippen LogP contribution in [0.15, 0.2) is 35.2 Å². The number of hydrogen-bond donors (Lipinski definition) is 2. The number of nitrogens with one attached hydrogen (secondary N) is 1. The van der Waals surface area contributed by atoms with Crippen LogP contribution in [0.4, 0.5) is 5.69 Å².